The van der Waals surface area contributed by atoms with Crippen molar-refractivity contribution in [2.75, 3.05) is 31.1 Å². The molecule has 0 aromatic heterocycles. The molecular formula is C28H39N3O. The van der Waals surface area contributed by atoms with Gasteiger partial charge < -0.3 is 10.2 Å². The molecule has 2 aliphatic heterocycles. The van der Waals surface area contributed by atoms with Crippen molar-refractivity contribution in [2.45, 2.75) is 59.0 Å². The summed E-state index contributed by atoms with van der Waals surface area (Å²) in [6.07, 6.45) is 5.18. The molecule has 0 spiro atoms. The Labute approximate surface area is 194 Å². The zero-order chi connectivity index (χ0) is 22.5. The van der Waals surface area contributed by atoms with Crippen LogP contribution >= 0.6 is 0 Å². The SMILES string of the molecule is CC1CCN(Cc2ccc(C(=O)N[C@H](C)c3ccc(N4CCC[C@H](C)C4)cc3)cc2)CC1. The van der Waals surface area contributed by atoms with Gasteiger partial charge in [-0.2, -0.15) is 0 Å². The van der Waals surface area contributed by atoms with Crippen molar-refractivity contribution >= 4 is 11.6 Å². The molecular weight excluding hydrogens is 394 g/mol. The lowest BCUT2D eigenvalue weighted by molar-refractivity contribution is 0.0940. The van der Waals surface area contributed by atoms with E-state index < -0.39 is 0 Å². The highest BCUT2D eigenvalue weighted by Gasteiger charge is 2.18. The van der Waals surface area contributed by atoms with Crippen molar-refractivity contribution in [3.63, 3.8) is 0 Å². The molecule has 2 aromatic carbocycles. The first kappa shape index (κ1) is 22.8. The van der Waals surface area contributed by atoms with E-state index in [1.54, 1.807) is 0 Å². The van der Waals surface area contributed by atoms with Gasteiger partial charge in [-0.3, -0.25) is 9.69 Å². The molecule has 4 heteroatoms. The fourth-order valence-corrected chi connectivity index (χ4v) is 5.00. The highest BCUT2D eigenvalue weighted by atomic mass is 16.1. The number of rotatable bonds is 6. The molecule has 2 heterocycles. The molecule has 2 aliphatic rings. The lowest BCUT2D eigenvalue weighted by Crippen LogP contribution is -2.34. The fourth-order valence-electron chi connectivity index (χ4n) is 5.00. The van der Waals surface area contributed by atoms with Gasteiger partial charge in [0.25, 0.3) is 5.91 Å². The Kier molecular flexibility index (Phi) is 7.51. The van der Waals surface area contributed by atoms with E-state index in [1.165, 1.54) is 50.0 Å². The van der Waals surface area contributed by atoms with Gasteiger partial charge in [0, 0.05) is 30.9 Å². The van der Waals surface area contributed by atoms with Crippen LogP contribution in [-0.2, 0) is 6.54 Å². The first-order valence-electron chi connectivity index (χ1n) is 12.4. The largest absolute Gasteiger partial charge is 0.371 e. The second-order valence-electron chi connectivity index (χ2n) is 10.1. The van der Waals surface area contributed by atoms with Gasteiger partial charge in [0.05, 0.1) is 6.04 Å². The predicted molar refractivity (Wildman–Crippen MR) is 133 cm³/mol. The molecule has 4 nitrogen and oxygen atoms in total. The van der Waals surface area contributed by atoms with Gasteiger partial charge in [-0.15, -0.1) is 0 Å². The standard InChI is InChI=1S/C28H39N3O/c1-21-14-17-30(18-15-21)20-24-6-8-26(9-7-24)28(32)29-23(3)25-10-12-27(13-11-25)31-16-4-5-22(2)19-31/h6-13,21-23H,4-5,14-20H2,1-3H3,(H,29,32)/t22-,23+/m0/s1. The van der Waals surface area contributed by atoms with Gasteiger partial charge in [0.15, 0.2) is 0 Å². The Morgan fingerprint density at radius 2 is 1.62 bits per heavy atom. The van der Waals surface area contributed by atoms with E-state index in [2.05, 4.69) is 72.3 Å². The average molecular weight is 434 g/mol. The quantitative estimate of drug-likeness (QED) is 0.640. The molecule has 172 valence electrons. The summed E-state index contributed by atoms with van der Waals surface area (Å²) in [7, 11) is 0. The summed E-state index contributed by atoms with van der Waals surface area (Å²) in [5, 5.41) is 3.16. The minimum atomic E-state index is -0.0214. The molecule has 2 fully saturated rings. The highest BCUT2D eigenvalue weighted by Crippen LogP contribution is 2.25. The van der Waals surface area contributed by atoms with Crippen molar-refractivity contribution in [3.8, 4) is 0 Å². The lowest BCUT2D eigenvalue weighted by atomic mass is 9.98. The number of nitrogens with one attached hydrogen (secondary N) is 1. The van der Waals surface area contributed by atoms with Crippen LogP contribution in [0.1, 0.15) is 74.0 Å². The van der Waals surface area contributed by atoms with Gasteiger partial charge in [-0.05, 0) is 92.9 Å². The Balaban J connectivity index is 1.30. The molecule has 0 radical (unpaired) electrons. The van der Waals surface area contributed by atoms with Gasteiger partial charge in [-0.25, -0.2) is 0 Å². The fraction of sp³-hybridized carbons (Fsp3) is 0.536. The number of benzene rings is 2. The van der Waals surface area contributed by atoms with Gasteiger partial charge >= 0.3 is 0 Å². The van der Waals surface area contributed by atoms with Crippen molar-refractivity contribution in [3.05, 3.63) is 65.2 Å². The second-order valence-corrected chi connectivity index (χ2v) is 10.1. The maximum absolute atomic E-state index is 12.8. The summed E-state index contributed by atoms with van der Waals surface area (Å²) in [6.45, 7) is 12.3. The van der Waals surface area contributed by atoms with E-state index in [-0.39, 0.29) is 11.9 Å². The molecule has 0 aliphatic carbocycles. The smallest absolute Gasteiger partial charge is 0.251 e. The average Bonchev–Trinajstić information content (AvgIpc) is 2.81. The minimum Gasteiger partial charge on any atom is -0.371 e. The second kappa shape index (κ2) is 10.5. The number of hydrogen-bond acceptors (Lipinski definition) is 3. The monoisotopic (exact) mass is 433 g/mol. The van der Waals surface area contributed by atoms with Crippen LogP contribution in [0.15, 0.2) is 48.5 Å². The molecule has 32 heavy (non-hydrogen) atoms. The van der Waals surface area contributed by atoms with Gasteiger partial charge in [-0.1, -0.05) is 38.1 Å². The Bertz CT molecular complexity index is 869. The van der Waals surface area contributed by atoms with Crippen LogP contribution < -0.4 is 10.2 Å². The molecule has 0 bridgehead atoms. The lowest BCUT2D eigenvalue weighted by Gasteiger charge is -2.33. The van der Waals surface area contributed by atoms with Crippen molar-refractivity contribution in [1.29, 1.82) is 0 Å². The first-order valence-corrected chi connectivity index (χ1v) is 12.4. The zero-order valence-corrected chi connectivity index (χ0v) is 20.0. The van der Waals surface area contributed by atoms with Crippen molar-refractivity contribution < 1.29 is 4.79 Å². The van der Waals surface area contributed by atoms with Crippen LogP contribution in [0.2, 0.25) is 0 Å². The third-order valence-corrected chi connectivity index (χ3v) is 7.26. The van der Waals surface area contributed by atoms with Crippen LogP contribution in [0.5, 0.6) is 0 Å². The normalized spacial score (nSPS) is 21.3. The number of carbonyl (C=O) groups excluding carboxylic acids is 1. The Morgan fingerprint density at radius 1 is 0.938 bits per heavy atom. The van der Waals surface area contributed by atoms with Crippen molar-refractivity contribution in [1.82, 2.24) is 10.2 Å². The minimum absolute atomic E-state index is 0.00946. The topological polar surface area (TPSA) is 35.6 Å². The van der Waals surface area contributed by atoms with Gasteiger partial charge in [0.2, 0.25) is 0 Å². The molecule has 2 saturated heterocycles. The van der Waals surface area contributed by atoms with Crippen LogP contribution in [-0.4, -0.2) is 37.0 Å². The summed E-state index contributed by atoms with van der Waals surface area (Å²) >= 11 is 0. The predicted octanol–water partition coefficient (Wildman–Crippen LogP) is 5.65. The Hall–Kier alpha value is -2.33. The summed E-state index contributed by atoms with van der Waals surface area (Å²) in [5.74, 6) is 1.60. The molecule has 1 amide bonds. The Morgan fingerprint density at radius 3 is 2.28 bits per heavy atom. The number of carbonyl (C=O) groups is 1. The van der Waals surface area contributed by atoms with Crippen LogP contribution in [0.25, 0.3) is 0 Å². The number of anilines is 1. The number of nitrogens with zero attached hydrogens (tertiary/aromatic N) is 2. The number of likely N-dealkylation sites (tertiary alicyclic amines) is 1. The zero-order valence-electron chi connectivity index (χ0n) is 20.0. The summed E-state index contributed by atoms with van der Waals surface area (Å²) in [6, 6.07) is 16.8. The van der Waals surface area contributed by atoms with E-state index in [4.69, 9.17) is 0 Å². The maximum Gasteiger partial charge on any atom is 0.251 e. The van der Waals surface area contributed by atoms with Crippen molar-refractivity contribution in [2.24, 2.45) is 11.8 Å². The highest BCUT2D eigenvalue weighted by molar-refractivity contribution is 5.94. The van der Waals surface area contributed by atoms with Crippen LogP contribution in [0.4, 0.5) is 5.69 Å². The van der Waals surface area contributed by atoms with E-state index >= 15 is 0 Å². The third kappa shape index (κ3) is 5.92. The summed E-state index contributed by atoms with van der Waals surface area (Å²) in [4.78, 5) is 17.8. The first-order chi connectivity index (χ1) is 15.5. The maximum atomic E-state index is 12.8. The van der Waals surface area contributed by atoms with E-state index in [9.17, 15) is 4.79 Å². The van der Waals surface area contributed by atoms with E-state index in [0.717, 1.165) is 42.6 Å². The molecule has 1 N–H and O–H groups in total. The molecule has 0 saturated carbocycles. The van der Waals surface area contributed by atoms with Gasteiger partial charge in [0.1, 0.15) is 0 Å². The van der Waals surface area contributed by atoms with E-state index in [0.29, 0.717) is 0 Å². The summed E-state index contributed by atoms with van der Waals surface area (Å²) in [5.41, 5.74) is 4.44. The molecule has 0 unspecified atom stereocenters. The number of amides is 1. The molecule has 2 atom stereocenters. The number of hydrogen-bond donors (Lipinski definition) is 1. The summed E-state index contributed by atoms with van der Waals surface area (Å²) < 4.78 is 0. The van der Waals surface area contributed by atoms with E-state index in [1.807, 2.05) is 12.1 Å². The molecule has 4 rings (SSSR count). The molecule has 2 aromatic rings. The van der Waals surface area contributed by atoms with Crippen LogP contribution in [0, 0.1) is 11.8 Å². The third-order valence-electron chi connectivity index (χ3n) is 7.26. The number of piperidine rings is 2. The van der Waals surface area contributed by atoms with Crippen LogP contribution in [0.3, 0.4) is 0 Å².